The Bertz CT molecular complexity index is 641. The lowest BCUT2D eigenvalue weighted by Gasteiger charge is -2.13. The summed E-state index contributed by atoms with van der Waals surface area (Å²) < 4.78 is 13.3. The summed E-state index contributed by atoms with van der Waals surface area (Å²) in [5, 5.41) is 12.1. The summed E-state index contributed by atoms with van der Waals surface area (Å²) >= 11 is 0. The van der Waals surface area contributed by atoms with Crippen molar-refractivity contribution in [3.63, 3.8) is 0 Å². The maximum absolute atomic E-state index is 13.3. The molecule has 0 bridgehead atoms. The molecule has 0 aliphatic heterocycles. The highest BCUT2D eigenvalue weighted by atomic mass is 19.1. The fourth-order valence-electron chi connectivity index (χ4n) is 1.79. The summed E-state index contributed by atoms with van der Waals surface area (Å²) in [6.45, 7) is 1.88. The number of para-hydroxylation sites is 1. The molecule has 0 atom stereocenters. The molecule has 0 heterocycles. The van der Waals surface area contributed by atoms with Gasteiger partial charge in [-0.3, -0.25) is 0 Å². The van der Waals surface area contributed by atoms with Crippen LogP contribution in [0.1, 0.15) is 15.9 Å². The highest BCUT2D eigenvalue weighted by molar-refractivity contribution is 6.00. The average molecular weight is 260 g/mol. The summed E-state index contributed by atoms with van der Waals surface area (Å²) in [7, 11) is 0. The molecule has 2 rings (SSSR count). The predicted molar refractivity (Wildman–Crippen MR) is 72.2 cm³/mol. The molecule has 0 saturated heterocycles. The van der Waals surface area contributed by atoms with Crippen LogP contribution in [0.25, 0.3) is 0 Å². The van der Waals surface area contributed by atoms with Crippen molar-refractivity contribution in [2.75, 3.05) is 11.1 Å². The van der Waals surface area contributed by atoms with Crippen LogP contribution in [-0.4, -0.2) is 11.1 Å². The summed E-state index contributed by atoms with van der Waals surface area (Å²) in [4.78, 5) is 11.2. The number of halogens is 1. The fraction of sp³-hybridized carbons (Fsp3) is 0.0714. The van der Waals surface area contributed by atoms with Gasteiger partial charge in [-0.2, -0.15) is 0 Å². The number of rotatable bonds is 3. The SMILES string of the molecule is Cc1ccccc1Nc1ccc(F)c(N)c1C(=O)O. The number of carboxylic acid groups (broad SMARTS) is 1. The third-order valence-corrected chi connectivity index (χ3v) is 2.82. The molecule has 19 heavy (non-hydrogen) atoms. The van der Waals surface area contributed by atoms with Crippen LogP contribution in [0.2, 0.25) is 0 Å². The molecule has 0 amide bonds. The average Bonchev–Trinajstić information content (AvgIpc) is 2.36. The number of nitrogens with one attached hydrogen (secondary N) is 1. The number of nitrogen functional groups attached to an aromatic ring is 1. The minimum atomic E-state index is -1.27. The van der Waals surface area contributed by atoms with Crippen molar-refractivity contribution in [3.05, 3.63) is 53.3 Å². The standard InChI is InChI=1S/C14H13FN2O2/c1-8-4-2-3-5-10(8)17-11-7-6-9(15)13(16)12(11)14(18)19/h2-7,17H,16H2,1H3,(H,18,19). The lowest BCUT2D eigenvalue weighted by Crippen LogP contribution is -2.09. The van der Waals surface area contributed by atoms with E-state index in [0.717, 1.165) is 17.3 Å². The largest absolute Gasteiger partial charge is 0.478 e. The maximum atomic E-state index is 13.3. The minimum Gasteiger partial charge on any atom is -0.478 e. The van der Waals surface area contributed by atoms with Crippen molar-refractivity contribution in [3.8, 4) is 0 Å². The number of carbonyl (C=O) groups is 1. The Morgan fingerprint density at radius 3 is 2.53 bits per heavy atom. The van der Waals surface area contributed by atoms with Crippen molar-refractivity contribution in [1.29, 1.82) is 0 Å². The van der Waals surface area contributed by atoms with Gasteiger partial charge in [-0.15, -0.1) is 0 Å². The topological polar surface area (TPSA) is 75.3 Å². The molecular formula is C14H13FN2O2. The number of carboxylic acids is 1. The molecule has 2 aromatic rings. The zero-order valence-corrected chi connectivity index (χ0v) is 10.3. The number of aromatic carboxylic acids is 1. The molecule has 4 nitrogen and oxygen atoms in total. The third kappa shape index (κ3) is 2.49. The van der Waals surface area contributed by atoms with Crippen molar-refractivity contribution in [2.45, 2.75) is 6.92 Å². The summed E-state index contributed by atoms with van der Waals surface area (Å²) in [5.41, 5.74) is 6.81. The van der Waals surface area contributed by atoms with Gasteiger partial charge in [0.1, 0.15) is 11.4 Å². The van der Waals surface area contributed by atoms with Gasteiger partial charge in [0.25, 0.3) is 0 Å². The van der Waals surface area contributed by atoms with Crippen molar-refractivity contribution < 1.29 is 14.3 Å². The van der Waals surface area contributed by atoms with E-state index >= 15 is 0 Å². The van der Waals surface area contributed by atoms with Crippen molar-refractivity contribution in [2.24, 2.45) is 0 Å². The van der Waals surface area contributed by atoms with E-state index in [-0.39, 0.29) is 16.9 Å². The summed E-state index contributed by atoms with van der Waals surface area (Å²) in [6.07, 6.45) is 0. The highest BCUT2D eigenvalue weighted by Gasteiger charge is 2.17. The summed E-state index contributed by atoms with van der Waals surface area (Å²) in [5.74, 6) is -2.01. The molecule has 5 heteroatoms. The molecule has 0 aliphatic rings. The Hall–Kier alpha value is -2.56. The van der Waals surface area contributed by atoms with Crippen molar-refractivity contribution in [1.82, 2.24) is 0 Å². The Labute approximate surface area is 109 Å². The van der Waals surface area contributed by atoms with E-state index < -0.39 is 11.8 Å². The Balaban J connectivity index is 2.49. The monoisotopic (exact) mass is 260 g/mol. The van der Waals surface area contributed by atoms with Gasteiger partial charge in [-0.1, -0.05) is 18.2 Å². The van der Waals surface area contributed by atoms with E-state index in [0.29, 0.717) is 0 Å². The van der Waals surface area contributed by atoms with E-state index in [1.165, 1.54) is 6.07 Å². The van der Waals surface area contributed by atoms with E-state index in [2.05, 4.69) is 5.32 Å². The number of hydrogen-bond acceptors (Lipinski definition) is 3. The Morgan fingerprint density at radius 2 is 1.89 bits per heavy atom. The van der Waals surface area contributed by atoms with Crippen LogP contribution in [0.15, 0.2) is 36.4 Å². The molecule has 0 saturated carbocycles. The molecular weight excluding hydrogens is 247 g/mol. The Morgan fingerprint density at radius 1 is 1.21 bits per heavy atom. The molecule has 0 aliphatic carbocycles. The van der Waals surface area contributed by atoms with Crippen LogP contribution in [-0.2, 0) is 0 Å². The first kappa shape index (κ1) is 12.9. The zero-order chi connectivity index (χ0) is 14.0. The van der Waals surface area contributed by atoms with Crippen LogP contribution >= 0.6 is 0 Å². The van der Waals surface area contributed by atoms with E-state index in [1.54, 1.807) is 6.07 Å². The molecule has 0 aromatic heterocycles. The first-order valence-corrected chi connectivity index (χ1v) is 5.64. The second kappa shape index (κ2) is 4.97. The quantitative estimate of drug-likeness (QED) is 0.741. The van der Waals surface area contributed by atoms with Crippen LogP contribution in [0, 0.1) is 12.7 Å². The van der Waals surface area contributed by atoms with Gasteiger partial charge < -0.3 is 16.2 Å². The van der Waals surface area contributed by atoms with Gasteiger partial charge >= 0.3 is 5.97 Å². The normalized spacial score (nSPS) is 10.2. The fourth-order valence-corrected chi connectivity index (χ4v) is 1.79. The molecule has 0 spiro atoms. The molecule has 0 unspecified atom stereocenters. The smallest absolute Gasteiger partial charge is 0.340 e. The highest BCUT2D eigenvalue weighted by Crippen LogP contribution is 2.28. The molecule has 0 radical (unpaired) electrons. The number of hydrogen-bond donors (Lipinski definition) is 3. The van der Waals surface area contributed by atoms with Crippen LogP contribution in [0.5, 0.6) is 0 Å². The number of nitrogens with two attached hydrogens (primary N) is 1. The molecule has 4 N–H and O–H groups in total. The van der Waals surface area contributed by atoms with E-state index in [1.807, 2.05) is 25.1 Å². The van der Waals surface area contributed by atoms with Gasteiger partial charge in [0, 0.05) is 5.69 Å². The Kier molecular flexibility index (Phi) is 3.37. The molecule has 0 fully saturated rings. The first-order chi connectivity index (χ1) is 9.00. The summed E-state index contributed by atoms with van der Waals surface area (Å²) in [6, 6.07) is 9.89. The zero-order valence-electron chi connectivity index (χ0n) is 10.3. The minimum absolute atomic E-state index is 0.261. The first-order valence-electron chi connectivity index (χ1n) is 5.64. The lowest BCUT2D eigenvalue weighted by atomic mass is 10.1. The van der Waals surface area contributed by atoms with Crippen LogP contribution in [0.4, 0.5) is 21.5 Å². The lowest BCUT2D eigenvalue weighted by molar-refractivity contribution is 0.0698. The number of aryl methyl sites for hydroxylation is 1. The second-order valence-corrected chi connectivity index (χ2v) is 4.13. The van der Waals surface area contributed by atoms with Crippen LogP contribution in [0.3, 0.4) is 0 Å². The van der Waals surface area contributed by atoms with Gasteiger partial charge in [-0.05, 0) is 30.7 Å². The van der Waals surface area contributed by atoms with Crippen molar-refractivity contribution >= 4 is 23.0 Å². The van der Waals surface area contributed by atoms with Gasteiger partial charge in [0.15, 0.2) is 0 Å². The molecule has 2 aromatic carbocycles. The third-order valence-electron chi connectivity index (χ3n) is 2.82. The van der Waals surface area contributed by atoms with Gasteiger partial charge in [0.05, 0.1) is 11.4 Å². The van der Waals surface area contributed by atoms with E-state index in [4.69, 9.17) is 10.8 Å². The van der Waals surface area contributed by atoms with Gasteiger partial charge in [-0.25, -0.2) is 9.18 Å². The maximum Gasteiger partial charge on any atom is 0.340 e. The van der Waals surface area contributed by atoms with Gasteiger partial charge in [0.2, 0.25) is 0 Å². The van der Waals surface area contributed by atoms with E-state index in [9.17, 15) is 9.18 Å². The second-order valence-electron chi connectivity index (χ2n) is 4.13. The van der Waals surface area contributed by atoms with Crippen LogP contribution < -0.4 is 11.1 Å². The molecule has 98 valence electrons. The predicted octanol–water partition coefficient (Wildman–Crippen LogP) is 3.16. The number of anilines is 3. The number of benzene rings is 2.